The van der Waals surface area contributed by atoms with E-state index in [0.29, 0.717) is 25.4 Å². The number of rotatable bonds is 8. The van der Waals surface area contributed by atoms with E-state index in [1.807, 2.05) is 43.3 Å². The molecule has 1 rings (SSSR count). The van der Waals surface area contributed by atoms with Crippen molar-refractivity contribution in [2.24, 2.45) is 0 Å². The van der Waals surface area contributed by atoms with Gasteiger partial charge in [-0.05, 0) is 32.3 Å². The van der Waals surface area contributed by atoms with Gasteiger partial charge in [-0.1, -0.05) is 36.4 Å². The number of esters is 1. The van der Waals surface area contributed by atoms with Crippen LogP contribution in [0, 0.1) is 0 Å². The summed E-state index contributed by atoms with van der Waals surface area (Å²) in [6, 6.07) is 10.1. The highest BCUT2D eigenvalue weighted by molar-refractivity contribution is 5.87. The Morgan fingerprint density at radius 3 is 2.68 bits per heavy atom. The van der Waals surface area contributed by atoms with Crippen LogP contribution in [-0.2, 0) is 20.9 Å². The van der Waals surface area contributed by atoms with Gasteiger partial charge in [-0.25, -0.2) is 4.79 Å². The number of unbranched alkanes of at least 4 members (excludes halogenated alkanes) is 1. The third kappa shape index (κ3) is 6.77. The van der Waals surface area contributed by atoms with Crippen molar-refractivity contribution < 1.29 is 14.3 Å². The zero-order chi connectivity index (χ0) is 13.9. The summed E-state index contributed by atoms with van der Waals surface area (Å²) in [4.78, 5) is 11.3. The topological polar surface area (TPSA) is 35.5 Å². The summed E-state index contributed by atoms with van der Waals surface area (Å²) in [5.74, 6) is -0.229. The molecular formula is C16H22O3. The third-order valence-corrected chi connectivity index (χ3v) is 2.65. The number of hydrogen-bond acceptors (Lipinski definition) is 3. The molecule has 3 heteroatoms. The molecule has 1 aromatic carbocycles. The minimum atomic E-state index is -0.229. The predicted octanol–water partition coefficient (Wildman–Crippen LogP) is 3.49. The maximum absolute atomic E-state index is 11.3. The molecule has 0 amide bonds. The van der Waals surface area contributed by atoms with Crippen LogP contribution in [0.25, 0.3) is 0 Å². The number of hydrogen-bond donors (Lipinski definition) is 0. The maximum atomic E-state index is 11.3. The quantitative estimate of drug-likeness (QED) is 0.408. The lowest BCUT2D eigenvalue weighted by atomic mass is 10.2. The number of allylic oxidation sites excluding steroid dienone is 1. The molecule has 0 heterocycles. The van der Waals surface area contributed by atoms with E-state index in [9.17, 15) is 4.79 Å². The highest BCUT2D eigenvalue weighted by Gasteiger charge is 2.02. The minimum absolute atomic E-state index is 0.229. The van der Waals surface area contributed by atoms with E-state index in [1.54, 1.807) is 6.92 Å². The van der Waals surface area contributed by atoms with E-state index in [2.05, 4.69) is 0 Å². The molecule has 0 fully saturated rings. The highest BCUT2D eigenvalue weighted by Crippen LogP contribution is 2.04. The second-order valence-corrected chi connectivity index (χ2v) is 4.29. The Morgan fingerprint density at radius 2 is 2.00 bits per heavy atom. The Hall–Kier alpha value is -1.61. The van der Waals surface area contributed by atoms with E-state index in [-0.39, 0.29) is 5.97 Å². The Labute approximate surface area is 115 Å². The van der Waals surface area contributed by atoms with Gasteiger partial charge in [-0.2, -0.15) is 0 Å². The standard InChI is InChI=1S/C16H22O3/c1-3-19-16(17)14(2)9-7-8-12-18-13-15-10-5-4-6-11-15/h4-6,9-11H,3,7-8,12-13H2,1-2H3/b14-9+. The predicted molar refractivity (Wildman–Crippen MR) is 75.7 cm³/mol. The van der Waals surface area contributed by atoms with Gasteiger partial charge in [0.2, 0.25) is 0 Å². The fourth-order valence-electron chi connectivity index (χ4n) is 1.60. The van der Waals surface area contributed by atoms with Crippen molar-refractivity contribution in [2.45, 2.75) is 33.3 Å². The van der Waals surface area contributed by atoms with Crippen LogP contribution < -0.4 is 0 Å². The third-order valence-electron chi connectivity index (χ3n) is 2.65. The average Bonchev–Trinajstić information content (AvgIpc) is 2.43. The Morgan fingerprint density at radius 1 is 1.26 bits per heavy atom. The van der Waals surface area contributed by atoms with E-state index < -0.39 is 0 Å². The lowest BCUT2D eigenvalue weighted by molar-refractivity contribution is -0.138. The molecule has 19 heavy (non-hydrogen) atoms. The smallest absolute Gasteiger partial charge is 0.333 e. The first kappa shape index (κ1) is 15.4. The molecule has 0 aliphatic rings. The summed E-state index contributed by atoms with van der Waals surface area (Å²) in [7, 11) is 0. The summed E-state index contributed by atoms with van der Waals surface area (Å²) >= 11 is 0. The van der Waals surface area contributed by atoms with Gasteiger partial charge in [0.15, 0.2) is 0 Å². The normalized spacial score (nSPS) is 11.4. The SMILES string of the molecule is CCOC(=O)/C(C)=C/CCCOCc1ccccc1. The number of carbonyl (C=O) groups excluding carboxylic acids is 1. The summed E-state index contributed by atoms with van der Waals surface area (Å²) < 4.78 is 10.5. The van der Waals surface area contributed by atoms with Crippen LogP contribution in [0.1, 0.15) is 32.3 Å². The van der Waals surface area contributed by atoms with E-state index in [0.717, 1.165) is 12.8 Å². The van der Waals surface area contributed by atoms with E-state index in [1.165, 1.54) is 5.56 Å². The van der Waals surface area contributed by atoms with Crippen LogP contribution in [0.2, 0.25) is 0 Å². The molecule has 0 saturated carbocycles. The first-order valence-electron chi connectivity index (χ1n) is 6.69. The van der Waals surface area contributed by atoms with Crippen LogP contribution in [0.5, 0.6) is 0 Å². The van der Waals surface area contributed by atoms with Gasteiger partial charge >= 0.3 is 5.97 Å². The zero-order valence-electron chi connectivity index (χ0n) is 11.7. The van der Waals surface area contributed by atoms with Gasteiger partial charge in [0, 0.05) is 12.2 Å². The molecule has 0 aromatic heterocycles. The molecule has 0 aliphatic heterocycles. The Kier molecular flexibility index (Phi) is 7.59. The molecule has 3 nitrogen and oxygen atoms in total. The highest BCUT2D eigenvalue weighted by atomic mass is 16.5. The summed E-state index contributed by atoms with van der Waals surface area (Å²) in [6.45, 7) is 5.35. The van der Waals surface area contributed by atoms with Crippen LogP contribution >= 0.6 is 0 Å². The van der Waals surface area contributed by atoms with Crippen molar-refractivity contribution in [2.75, 3.05) is 13.2 Å². The summed E-state index contributed by atoms with van der Waals surface area (Å²) in [5, 5.41) is 0. The van der Waals surface area contributed by atoms with Crippen molar-refractivity contribution in [3.63, 3.8) is 0 Å². The molecule has 104 valence electrons. The number of benzene rings is 1. The van der Waals surface area contributed by atoms with Crippen molar-refractivity contribution in [1.82, 2.24) is 0 Å². The fourth-order valence-corrected chi connectivity index (χ4v) is 1.60. The lowest BCUT2D eigenvalue weighted by Gasteiger charge is -2.04. The summed E-state index contributed by atoms with van der Waals surface area (Å²) in [5.41, 5.74) is 1.85. The fraction of sp³-hybridized carbons (Fsp3) is 0.438. The van der Waals surface area contributed by atoms with E-state index >= 15 is 0 Å². The monoisotopic (exact) mass is 262 g/mol. The Bertz CT molecular complexity index is 396. The Balaban J connectivity index is 2.11. The second kappa shape index (κ2) is 9.34. The van der Waals surface area contributed by atoms with Gasteiger partial charge in [-0.3, -0.25) is 0 Å². The first-order chi connectivity index (χ1) is 9.24. The van der Waals surface area contributed by atoms with Crippen LogP contribution in [-0.4, -0.2) is 19.2 Å². The van der Waals surface area contributed by atoms with Crippen molar-refractivity contribution in [3.05, 3.63) is 47.5 Å². The molecular weight excluding hydrogens is 240 g/mol. The molecule has 0 aliphatic carbocycles. The largest absolute Gasteiger partial charge is 0.463 e. The molecule has 0 atom stereocenters. The molecule has 0 N–H and O–H groups in total. The van der Waals surface area contributed by atoms with Crippen LogP contribution in [0.15, 0.2) is 42.0 Å². The summed E-state index contributed by atoms with van der Waals surface area (Å²) in [6.07, 6.45) is 3.65. The van der Waals surface area contributed by atoms with Gasteiger partial charge in [0.25, 0.3) is 0 Å². The molecule has 0 radical (unpaired) electrons. The number of ether oxygens (including phenoxy) is 2. The average molecular weight is 262 g/mol. The lowest BCUT2D eigenvalue weighted by Crippen LogP contribution is -2.05. The minimum Gasteiger partial charge on any atom is -0.463 e. The molecule has 1 aromatic rings. The van der Waals surface area contributed by atoms with Gasteiger partial charge in [0.1, 0.15) is 0 Å². The molecule has 0 spiro atoms. The molecule has 0 saturated heterocycles. The van der Waals surface area contributed by atoms with Gasteiger partial charge in [0.05, 0.1) is 13.2 Å². The van der Waals surface area contributed by atoms with Crippen molar-refractivity contribution in [3.8, 4) is 0 Å². The van der Waals surface area contributed by atoms with Crippen molar-refractivity contribution >= 4 is 5.97 Å². The first-order valence-corrected chi connectivity index (χ1v) is 6.69. The van der Waals surface area contributed by atoms with Gasteiger partial charge in [-0.15, -0.1) is 0 Å². The molecule has 0 unspecified atom stereocenters. The maximum Gasteiger partial charge on any atom is 0.333 e. The zero-order valence-corrected chi connectivity index (χ0v) is 11.7. The van der Waals surface area contributed by atoms with E-state index in [4.69, 9.17) is 9.47 Å². The van der Waals surface area contributed by atoms with Crippen LogP contribution in [0.3, 0.4) is 0 Å². The number of carbonyl (C=O) groups is 1. The molecule has 0 bridgehead atoms. The van der Waals surface area contributed by atoms with Crippen molar-refractivity contribution in [1.29, 1.82) is 0 Å². The second-order valence-electron chi connectivity index (χ2n) is 4.29. The van der Waals surface area contributed by atoms with Gasteiger partial charge < -0.3 is 9.47 Å². The van der Waals surface area contributed by atoms with Crippen LogP contribution in [0.4, 0.5) is 0 Å².